The minimum absolute atomic E-state index is 0.0234. The number of nitrogens with one attached hydrogen (secondary N) is 2. The van der Waals surface area contributed by atoms with E-state index in [0.29, 0.717) is 32.1 Å². The van der Waals surface area contributed by atoms with Crippen molar-refractivity contribution in [3.05, 3.63) is 48.0 Å². The van der Waals surface area contributed by atoms with Crippen molar-refractivity contribution in [1.82, 2.24) is 10.6 Å². The summed E-state index contributed by atoms with van der Waals surface area (Å²) in [5, 5.41) is 15.2. The van der Waals surface area contributed by atoms with Crippen LogP contribution in [0.5, 0.6) is 0 Å². The molecule has 0 bridgehead atoms. The highest BCUT2D eigenvalue weighted by Gasteiger charge is 2.23. The van der Waals surface area contributed by atoms with Gasteiger partial charge in [-0.05, 0) is 38.2 Å². The van der Waals surface area contributed by atoms with Gasteiger partial charge in [0.15, 0.2) is 0 Å². The van der Waals surface area contributed by atoms with Crippen molar-refractivity contribution in [2.75, 3.05) is 13.2 Å². The lowest BCUT2D eigenvalue weighted by molar-refractivity contribution is -0.148. The van der Waals surface area contributed by atoms with Crippen LogP contribution in [-0.2, 0) is 25.5 Å². The van der Waals surface area contributed by atoms with Crippen molar-refractivity contribution in [2.24, 2.45) is 5.92 Å². The zero-order valence-electron chi connectivity index (χ0n) is 17.5. The number of hydrogen-bond acceptors (Lipinski definition) is 5. The molecule has 2 amide bonds. The number of aliphatic hydroxyl groups is 1. The van der Waals surface area contributed by atoms with Crippen LogP contribution in [-0.4, -0.2) is 48.2 Å². The molecule has 30 heavy (non-hydrogen) atoms. The van der Waals surface area contributed by atoms with Gasteiger partial charge in [0.2, 0.25) is 11.8 Å². The van der Waals surface area contributed by atoms with Crippen molar-refractivity contribution in [1.29, 1.82) is 0 Å². The summed E-state index contributed by atoms with van der Waals surface area (Å²) in [5.41, 5.74) is 1.02. The highest BCUT2D eigenvalue weighted by molar-refractivity contribution is 5.86. The number of aliphatic hydroxyl groups excluding tert-OH is 1. The Morgan fingerprint density at radius 1 is 1.27 bits per heavy atom. The van der Waals surface area contributed by atoms with Gasteiger partial charge in [-0.1, -0.05) is 42.5 Å². The Kier molecular flexibility index (Phi) is 10.1. The number of hydrogen-bond donors (Lipinski definition) is 3. The van der Waals surface area contributed by atoms with Crippen LogP contribution < -0.4 is 10.6 Å². The van der Waals surface area contributed by atoms with E-state index in [-0.39, 0.29) is 37.4 Å². The van der Waals surface area contributed by atoms with Crippen LogP contribution in [0, 0.1) is 5.92 Å². The molecule has 1 aromatic rings. The standard InChI is InChI=1S/C23H32N2O5/c1-17-15-24-23(29)19(11-7-2-3-8-12-22(28)30-17)14-21(27)25-20(16-26)13-18-9-5-4-6-10-18/h2,4-7,9-10,17,19-20,26H,3,8,11-16H2,1H3,(H,24,29)(H,25,27)/t17-,19+,20-/m0/s1. The molecule has 1 aliphatic heterocycles. The van der Waals surface area contributed by atoms with Crippen molar-refractivity contribution in [3.63, 3.8) is 0 Å². The molecule has 0 fully saturated rings. The largest absolute Gasteiger partial charge is 0.461 e. The summed E-state index contributed by atoms with van der Waals surface area (Å²) >= 11 is 0. The van der Waals surface area contributed by atoms with E-state index in [2.05, 4.69) is 10.6 Å². The van der Waals surface area contributed by atoms with Gasteiger partial charge >= 0.3 is 5.97 Å². The highest BCUT2D eigenvalue weighted by Crippen LogP contribution is 2.13. The Labute approximate surface area is 177 Å². The van der Waals surface area contributed by atoms with Crippen molar-refractivity contribution in [2.45, 2.75) is 57.6 Å². The quantitative estimate of drug-likeness (QED) is 0.485. The smallest absolute Gasteiger partial charge is 0.306 e. The van der Waals surface area contributed by atoms with E-state index >= 15 is 0 Å². The maximum atomic E-state index is 12.6. The molecule has 3 atom stereocenters. The minimum atomic E-state index is -0.527. The summed E-state index contributed by atoms with van der Waals surface area (Å²) in [7, 11) is 0. The van der Waals surface area contributed by atoms with E-state index in [9.17, 15) is 19.5 Å². The Balaban J connectivity index is 1.95. The number of esters is 1. The fraction of sp³-hybridized carbons (Fsp3) is 0.522. The second kappa shape index (κ2) is 12.8. The molecular weight excluding hydrogens is 384 g/mol. The van der Waals surface area contributed by atoms with Gasteiger partial charge in [0.1, 0.15) is 6.10 Å². The summed E-state index contributed by atoms with van der Waals surface area (Å²) < 4.78 is 5.27. The fourth-order valence-corrected chi connectivity index (χ4v) is 3.31. The lowest BCUT2D eigenvalue weighted by atomic mass is 9.98. The lowest BCUT2D eigenvalue weighted by Crippen LogP contribution is -2.42. The Morgan fingerprint density at radius 2 is 2.03 bits per heavy atom. The zero-order chi connectivity index (χ0) is 21.8. The van der Waals surface area contributed by atoms with E-state index in [0.717, 1.165) is 5.56 Å². The normalized spacial score (nSPS) is 21.9. The molecule has 1 aromatic carbocycles. The zero-order valence-corrected chi connectivity index (χ0v) is 17.5. The summed E-state index contributed by atoms with van der Waals surface area (Å²) in [6.07, 6.45) is 6.12. The molecule has 0 unspecified atom stereocenters. The number of benzene rings is 1. The van der Waals surface area contributed by atoms with E-state index in [1.54, 1.807) is 6.92 Å². The molecule has 0 saturated carbocycles. The number of carbonyl (C=O) groups excluding carboxylic acids is 3. The first kappa shape index (κ1) is 23.6. The first-order valence-electron chi connectivity index (χ1n) is 10.5. The molecule has 7 nitrogen and oxygen atoms in total. The van der Waals surface area contributed by atoms with E-state index < -0.39 is 18.1 Å². The average Bonchev–Trinajstić information content (AvgIpc) is 2.74. The van der Waals surface area contributed by atoms with Crippen LogP contribution in [0.15, 0.2) is 42.5 Å². The maximum absolute atomic E-state index is 12.6. The number of allylic oxidation sites excluding steroid dienone is 2. The third kappa shape index (κ3) is 8.78. The SMILES string of the molecule is C[C@H]1CNC(=O)[C@@H](CC(=O)N[C@H](CO)Cc2ccccc2)CC=CCCCC(=O)O1. The molecule has 0 aliphatic carbocycles. The van der Waals surface area contributed by atoms with Crippen LogP contribution in [0.2, 0.25) is 0 Å². The predicted molar refractivity (Wildman–Crippen MR) is 113 cm³/mol. The molecular formula is C23H32N2O5. The first-order chi connectivity index (χ1) is 14.5. The summed E-state index contributed by atoms with van der Waals surface area (Å²) in [5.74, 6) is -1.32. The van der Waals surface area contributed by atoms with Gasteiger partial charge in [0.05, 0.1) is 25.1 Å². The minimum Gasteiger partial charge on any atom is -0.461 e. The van der Waals surface area contributed by atoms with Crippen LogP contribution in [0.25, 0.3) is 0 Å². The number of cyclic esters (lactones) is 1. The van der Waals surface area contributed by atoms with Crippen molar-refractivity contribution in [3.8, 4) is 0 Å². The molecule has 3 N–H and O–H groups in total. The van der Waals surface area contributed by atoms with Gasteiger partial charge in [-0.25, -0.2) is 0 Å². The van der Waals surface area contributed by atoms with Crippen molar-refractivity contribution < 1.29 is 24.2 Å². The Bertz CT molecular complexity index is 720. The van der Waals surface area contributed by atoms with Crippen LogP contribution in [0.1, 0.15) is 44.6 Å². The molecule has 7 heteroatoms. The molecule has 1 aliphatic rings. The molecule has 0 aromatic heterocycles. The molecule has 164 valence electrons. The number of rotatable bonds is 6. The number of amides is 2. The second-order valence-corrected chi connectivity index (χ2v) is 7.68. The van der Waals surface area contributed by atoms with Gasteiger partial charge in [-0.3, -0.25) is 14.4 Å². The molecule has 0 saturated heterocycles. The molecule has 2 rings (SSSR count). The van der Waals surface area contributed by atoms with Gasteiger partial charge in [0.25, 0.3) is 0 Å². The second-order valence-electron chi connectivity index (χ2n) is 7.68. The highest BCUT2D eigenvalue weighted by atomic mass is 16.5. The topological polar surface area (TPSA) is 105 Å². The Hall–Kier alpha value is -2.67. The third-order valence-electron chi connectivity index (χ3n) is 4.95. The maximum Gasteiger partial charge on any atom is 0.306 e. The van der Waals surface area contributed by atoms with Crippen LogP contribution in [0.4, 0.5) is 0 Å². The summed E-state index contributed by atoms with van der Waals surface area (Å²) in [6, 6.07) is 9.21. The van der Waals surface area contributed by atoms with Crippen LogP contribution >= 0.6 is 0 Å². The van der Waals surface area contributed by atoms with Crippen molar-refractivity contribution >= 4 is 17.8 Å². The van der Waals surface area contributed by atoms with Gasteiger partial charge in [-0.2, -0.15) is 0 Å². The van der Waals surface area contributed by atoms with E-state index in [4.69, 9.17) is 4.74 Å². The van der Waals surface area contributed by atoms with Gasteiger partial charge < -0.3 is 20.5 Å². The fourth-order valence-electron chi connectivity index (χ4n) is 3.31. The van der Waals surface area contributed by atoms with Crippen LogP contribution in [0.3, 0.4) is 0 Å². The summed E-state index contributed by atoms with van der Waals surface area (Å²) in [4.78, 5) is 36.9. The first-order valence-corrected chi connectivity index (χ1v) is 10.5. The molecule has 0 radical (unpaired) electrons. The number of carbonyl (C=O) groups is 3. The van der Waals surface area contributed by atoms with Gasteiger partial charge in [-0.15, -0.1) is 0 Å². The lowest BCUT2D eigenvalue weighted by Gasteiger charge is -2.20. The monoisotopic (exact) mass is 416 g/mol. The third-order valence-corrected chi connectivity index (χ3v) is 4.95. The van der Waals surface area contributed by atoms with E-state index in [1.165, 1.54) is 0 Å². The van der Waals surface area contributed by atoms with E-state index in [1.807, 2.05) is 42.5 Å². The Morgan fingerprint density at radius 3 is 2.77 bits per heavy atom. The van der Waals surface area contributed by atoms with Gasteiger partial charge in [0, 0.05) is 12.8 Å². The average molecular weight is 417 g/mol. The number of ether oxygens (including phenoxy) is 1. The molecule has 0 spiro atoms. The summed E-state index contributed by atoms with van der Waals surface area (Å²) in [6.45, 7) is 1.76. The molecule has 1 heterocycles. The predicted octanol–water partition coefficient (Wildman–Crippen LogP) is 1.89.